The minimum Gasteiger partial charge on any atom is -0.493 e. The summed E-state index contributed by atoms with van der Waals surface area (Å²) in [6, 6.07) is 11.8. The van der Waals surface area contributed by atoms with Gasteiger partial charge in [-0.15, -0.1) is 0 Å². The molecule has 2 atom stereocenters. The van der Waals surface area contributed by atoms with Crippen molar-refractivity contribution >= 4 is 17.5 Å². The van der Waals surface area contributed by atoms with Gasteiger partial charge in [-0.1, -0.05) is 41.0 Å². The van der Waals surface area contributed by atoms with E-state index in [2.05, 4.69) is 20.8 Å². The Morgan fingerprint density at radius 2 is 2.00 bits per heavy atom. The number of alkyl halides is 2. The van der Waals surface area contributed by atoms with Crippen molar-refractivity contribution in [1.82, 2.24) is 20.2 Å². The molecular formula is C18H16ClF2N5O2. The predicted molar refractivity (Wildman–Crippen MR) is 98.0 cm³/mol. The molecule has 0 saturated heterocycles. The van der Waals surface area contributed by atoms with Gasteiger partial charge in [-0.3, -0.25) is 0 Å². The van der Waals surface area contributed by atoms with Gasteiger partial charge in [0.25, 0.3) is 0 Å². The van der Waals surface area contributed by atoms with Crippen LogP contribution in [0, 0.1) is 0 Å². The summed E-state index contributed by atoms with van der Waals surface area (Å²) >= 11 is 5.98. The average Bonchev–Trinajstić information content (AvgIpc) is 3.16. The van der Waals surface area contributed by atoms with E-state index in [4.69, 9.17) is 21.1 Å². The first-order valence-corrected chi connectivity index (χ1v) is 8.86. The number of benzene rings is 2. The van der Waals surface area contributed by atoms with Crippen LogP contribution in [0.1, 0.15) is 29.6 Å². The van der Waals surface area contributed by atoms with E-state index in [0.29, 0.717) is 23.0 Å². The van der Waals surface area contributed by atoms with E-state index in [0.717, 1.165) is 5.56 Å². The summed E-state index contributed by atoms with van der Waals surface area (Å²) in [7, 11) is 1.40. The van der Waals surface area contributed by atoms with Crippen molar-refractivity contribution in [2.45, 2.75) is 25.1 Å². The van der Waals surface area contributed by atoms with Crippen molar-refractivity contribution < 1.29 is 18.3 Å². The molecule has 0 fully saturated rings. The van der Waals surface area contributed by atoms with Gasteiger partial charge in [0.2, 0.25) is 5.95 Å². The molecule has 0 amide bonds. The number of aromatic nitrogens is 4. The van der Waals surface area contributed by atoms with Crippen LogP contribution in [0.3, 0.4) is 0 Å². The lowest BCUT2D eigenvalue weighted by Gasteiger charge is -2.32. The van der Waals surface area contributed by atoms with E-state index in [1.54, 1.807) is 35.0 Å². The van der Waals surface area contributed by atoms with E-state index < -0.39 is 12.7 Å². The van der Waals surface area contributed by atoms with Crippen LogP contribution in [-0.2, 0) is 0 Å². The average molecular weight is 408 g/mol. The van der Waals surface area contributed by atoms with Gasteiger partial charge in [0, 0.05) is 10.6 Å². The van der Waals surface area contributed by atoms with Gasteiger partial charge in [-0.05, 0) is 40.6 Å². The smallest absolute Gasteiger partial charge is 0.387 e. The molecule has 0 aliphatic carbocycles. The van der Waals surface area contributed by atoms with Crippen molar-refractivity contribution in [1.29, 1.82) is 0 Å². The van der Waals surface area contributed by atoms with Crippen molar-refractivity contribution in [3.05, 3.63) is 58.6 Å². The summed E-state index contributed by atoms with van der Waals surface area (Å²) in [5, 5.41) is 15.6. The van der Waals surface area contributed by atoms with Gasteiger partial charge in [0.15, 0.2) is 11.5 Å². The minimum atomic E-state index is -2.99. The Balaban J connectivity index is 1.78. The maximum absolute atomic E-state index is 13.0. The molecule has 0 bridgehead atoms. The predicted octanol–water partition coefficient (Wildman–Crippen LogP) is 4.08. The van der Waals surface area contributed by atoms with Crippen LogP contribution in [0.2, 0.25) is 5.02 Å². The largest absolute Gasteiger partial charge is 0.493 e. The summed E-state index contributed by atoms with van der Waals surface area (Å²) in [5.74, 6) is 0.624. The summed E-state index contributed by atoms with van der Waals surface area (Å²) in [4.78, 5) is 0. The number of ether oxygens (including phenoxy) is 2. The first-order chi connectivity index (χ1) is 13.6. The Hall–Kier alpha value is -2.94. The van der Waals surface area contributed by atoms with Crippen molar-refractivity contribution in [2.24, 2.45) is 0 Å². The van der Waals surface area contributed by atoms with Crippen molar-refractivity contribution in [2.75, 3.05) is 12.4 Å². The van der Waals surface area contributed by atoms with Gasteiger partial charge >= 0.3 is 6.61 Å². The molecule has 4 rings (SSSR count). The number of tetrazole rings is 1. The third-order valence-electron chi connectivity index (χ3n) is 4.62. The third-order valence-corrected chi connectivity index (χ3v) is 4.87. The summed E-state index contributed by atoms with van der Waals surface area (Å²) in [6.45, 7) is -2.99. The number of nitrogens with one attached hydrogen (secondary N) is 1. The highest BCUT2D eigenvalue weighted by molar-refractivity contribution is 6.30. The van der Waals surface area contributed by atoms with Crippen LogP contribution in [-0.4, -0.2) is 33.9 Å². The minimum absolute atomic E-state index is 0.0248. The molecule has 0 radical (unpaired) electrons. The second-order valence-corrected chi connectivity index (χ2v) is 6.64. The van der Waals surface area contributed by atoms with Crippen LogP contribution in [0.5, 0.6) is 11.5 Å². The molecule has 1 N–H and O–H groups in total. The zero-order valence-electron chi connectivity index (χ0n) is 14.7. The number of anilines is 1. The summed E-state index contributed by atoms with van der Waals surface area (Å²) < 4.78 is 37.7. The molecule has 1 aromatic heterocycles. The lowest BCUT2D eigenvalue weighted by molar-refractivity contribution is -0.0521. The Labute approximate surface area is 164 Å². The van der Waals surface area contributed by atoms with Crippen molar-refractivity contribution in [3.63, 3.8) is 0 Å². The van der Waals surface area contributed by atoms with Gasteiger partial charge < -0.3 is 14.8 Å². The first kappa shape index (κ1) is 18.4. The zero-order chi connectivity index (χ0) is 19.7. The molecule has 3 aromatic rings. The summed E-state index contributed by atoms with van der Waals surface area (Å²) in [6.07, 6.45) is 0.506. The molecule has 0 unspecified atom stereocenters. The molecular weight excluding hydrogens is 392 g/mol. The molecule has 0 spiro atoms. The Morgan fingerprint density at radius 3 is 2.71 bits per heavy atom. The molecule has 146 valence electrons. The number of nitrogens with zero attached hydrogens (tertiary/aromatic N) is 4. The fraction of sp³-hybridized carbons (Fsp3) is 0.278. The number of halogens is 3. The lowest BCUT2D eigenvalue weighted by Crippen LogP contribution is -2.28. The fourth-order valence-corrected chi connectivity index (χ4v) is 3.51. The molecule has 1 aliphatic heterocycles. The standard InChI is InChI=1S/C18H16ClF2N5O2/c1-27-15-4-2-3-12(16(15)28-17(20)21)14-9-13(10-5-7-11(19)8-6-10)22-18-23-24-25-26(14)18/h2-8,13-14,17H,9H2,1H3,(H,22,23,25)/t13-,14+/m0/s1. The number of fused-ring (bicyclic) bond motifs is 1. The lowest BCUT2D eigenvalue weighted by atomic mass is 9.92. The van der Waals surface area contributed by atoms with Crippen LogP contribution >= 0.6 is 11.6 Å². The molecule has 7 nitrogen and oxygen atoms in total. The van der Waals surface area contributed by atoms with E-state index in [1.807, 2.05) is 12.1 Å². The highest BCUT2D eigenvalue weighted by Gasteiger charge is 2.33. The molecule has 2 aromatic carbocycles. The highest BCUT2D eigenvalue weighted by atomic mass is 35.5. The number of rotatable bonds is 5. The monoisotopic (exact) mass is 407 g/mol. The Bertz CT molecular complexity index is 967. The van der Waals surface area contributed by atoms with Gasteiger partial charge in [-0.25, -0.2) is 4.68 Å². The quantitative estimate of drug-likeness (QED) is 0.687. The second-order valence-electron chi connectivity index (χ2n) is 6.20. The Kier molecular flexibility index (Phi) is 4.99. The highest BCUT2D eigenvalue weighted by Crippen LogP contribution is 2.43. The number of para-hydroxylation sites is 1. The van der Waals surface area contributed by atoms with Crippen LogP contribution < -0.4 is 14.8 Å². The second kappa shape index (κ2) is 7.59. The fourth-order valence-electron chi connectivity index (χ4n) is 3.38. The Morgan fingerprint density at radius 1 is 1.21 bits per heavy atom. The zero-order valence-corrected chi connectivity index (χ0v) is 15.5. The summed E-state index contributed by atoms with van der Waals surface area (Å²) in [5.41, 5.74) is 1.48. The normalized spacial score (nSPS) is 18.5. The third kappa shape index (κ3) is 3.45. The molecule has 10 heteroatoms. The maximum Gasteiger partial charge on any atom is 0.387 e. The van der Waals surface area contributed by atoms with E-state index in [9.17, 15) is 8.78 Å². The maximum atomic E-state index is 13.0. The van der Waals surface area contributed by atoms with E-state index >= 15 is 0 Å². The van der Waals surface area contributed by atoms with E-state index in [-0.39, 0.29) is 17.5 Å². The first-order valence-electron chi connectivity index (χ1n) is 8.48. The molecule has 28 heavy (non-hydrogen) atoms. The van der Waals surface area contributed by atoms with Crippen LogP contribution in [0.25, 0.3) is 0 Å². The van der Waals surface area contributed by atoms with Crippen LogP contribution in [0.15, 0.2) is 42.5 Å². The molecule has 0 saturated carbocycles. The number of hydrogen-bond donors (Lipinski definition) is 1. The number of methoxy groups -OCH3 is 1. The molecule has 2 heterocycles. The van der Waals surface area contributed by atoms with Gasteiger partial charge in [0.05, 0.1) is 19.2 Å². The molecule has 1 aliphatic rings. The van der Waals surface area contributed by atoms with E-state index in [1.165, 1.54) is 7.11 Å². The van der Waals surface area contributed by atoms with Gasteiger partial charge in [0.1, 0.15) is 0 Å². The van der Waals surface area contributed by atoms with Crippen LogP contribution in [0.4, 0.5) is 14.7 Å². The van der Waals surface area contributed by atoms with Crippen molar-refractivity contribution in [3.8, 4) is 11.5 Å². The van der Waals surface area contributed by atoms with Gasteiger partial charge in [-0.2, -0.15) is 8.78 Å². The SMILES string of the molecule is COc1cccc([C@H]2C[C@@H](c3ccc(Cl)cc3)Nc3nnnn32)c1OC(F)F. The number of hydrogen-bond acceptors (Lipinski definition) is 6. The topological polar surface area (TPSA) is 74.1 Å².